The molecule has 1 heterocycles. The molecular weight excluding hydrogens is 332 g/mol. The van der Waals surface area contributed by atoms with E-state index in [1.54, 1.807) is 31.4 Å². The van der Waals surface area contributed by atoms with Gasteiger partial charge in [0.05, 0.1) is 13.5 Å². The number of carbonyl (C=O) groups excluding carboxylic acids is 2. The summed E-state index contributed by atoms with van der Waals surface area (Å²) in [5.74, 6) is 0.388. The van der Waals surface area contributed by atoms with Gasteiger partial charge in [0.25, 0.3) is 5.91 Å². The molecule has 3 rings (SSSR count). The van der Waals surface area contributed by atoms with Crippen molar-refractivity contribution in [1.29, 1.82) is 0 Å². The zero-order valence-corrected chi connectivity index (χ0v) is 14.5. The number of benzene rings is 2. The number of aromatic nitrogens is 1. The Morgan fingerprint density at radius 2 is 1.77 bits per heavy atom. The number of Topliss-reactive ketones (excluding diaryl/α,β-unsaturated/α-hetero) is 1. The average molecular weight is 350 g/mol. The number of nitrogens with zero attached hydrogens (tertiary/aromatic N) is 1. The van der Waals surface area contributed by atoms with Crippen LogP contribution in [0.5, 0.6) is 5.75 Å². The third-order valence-electron chi connectivity index (χ3n) is 4.00. The molecule has 0 saturated carbocycles. The van der Waals surface area contributed by atoms with E-state index in [0.29, 0.717) is 17.0 Å². The number of nitrogens with one attached hydrogen (secondary N) is 1. The summed E-state index contributed by atoms with van der Waals surface area (Å²) < 4.78 is 10.4. The molecule has 132 valence electrons. The average Bonchev–Trinajstić information content (AvgIpc) is 3.11. The highest BCUT2D eigenvalue weighted by Gasteiger charge is 2.25. The lowest BCUT2D eigenvalue weighted by molar-refractivity contribution is 0.0960. The highest BCUT2D eigenvalue weighted by molar-refractivity contribution is 6.03. The molecule has 0 atom stereocenters. The van der Waals surface area contributed by atoms with Crippen LogP contribution in [0.2, 0.25) is 0 Å². The highest BCUT2D eigenvalue weighted by atomic mass is 16.5. The Balaban J connectivity index is 1.93. The summed E-state index contributed by atoms with van der Waals surface area (Å²) >= 11 is 0. The lowest BCUT2D eigenvalue weighted by Crippen LogP contribution is -2.20. The number of ether oxygens (including phenoxy) is 1. The van der Waals surface area contributed by atoms with E-state index in [-0.39, 0.29) is 29.4 Å². The topological polar surface area (TPSA) is 81.4 Å². The number of methoxy groups -OCH3 is 1. The zero-order chi connectivity index (χ0) is 18.5. The molecule has 0 bridgehead atoms. The van der Waals surface area contributed by atoms with E-state index in [1.807, 2.05) is 30.3 Å². The molecule has 0 saturated heterocycles. The Morgan fingerprint density at radius 1 is 1.08 bits per heavy atom. The summed E-state index contributed by atoms with van der Waals surface area (Å²) in [4.78, 5) is 24.9. The van der Waals surface area contributed by atoms with Crippen molar-refractivity contribution >= 4 is 11.7 Å². The number of hydrogen-bond donors (Lipinski definition) is 1. The van der Waals surface area contributed by atoms with E-state index in [0.717, 1.165) is 5.56 Å². The van der Waals surface area contributed by atoms with E-state index >= 15 is 0 Å². The van der Waals surface area contributed by atoms with Gasteiger partial charge in [0.15, 0.2) is 11.5 Å². The van der Waals surface area contributed by atoms with E-state index < -0.39 is 0 Å². The molecule has 0 aliphatic heterocycles. The van der Waals surface area contributed by atoms with Gasteiger partial charge in [-0.25, -0.2) is 0 Å². The van der Waals surface area contributed by atoms with Crippen LogP contribution in [0.3, 0.4) is 0 Å². The molecule has 2 aromatic carbocycles. The predicted octanol–water partition coefficient (Wildman–Crippen LogP) is 3.14. The van der Waals surface area contributed by atoms with Gasteiger partial charge in [0.2, 0.25) is 0 Å². The van der Waals surface area contributed by atoms with Crippen molar-refractivity contribution in [2.75, 3.05) is 14.2 Å². The second kappa shape index (κ2) is 7.65. The number of ketones is 1. The third-order valence-corrected chi connectivity index (χ3v) is 4.00. The Morgan fingerprint density at radius 3 is 2.38 bits per heavy atom. The molecule has 0 aliphatic carbocycles. The molecule has 0 spiro atoms. The second-order valence-electron chi connectivity index (χ2n) is 5.60. The lowest BCUT2D eigenvalue weighted by atomic mass is 10.0. The van der Waals surface area contributed by atoms with Crippen LogP contribution in [0.25, 0.3) is 11.3 Å². The Hall–Kier alpha value is -3.41. The molecule has 1 amide bonds. The number of carbonyl (C=O) groups is 2. The maximum absolute atomic E-state index is 12.6. The van der Waals surface area contributed by atoms with Crippen LogP contribution in [0.4, 0.5) is 0 Å². The van der Waals surface area contributed by atoms with Crippen molar-refractivity contribution in [3.63, 3.8) is 0 Å². The van der Waals surface area contributed by atoms with Gasteiger partial charge in [0.1, 0.15) is 17.0 Å². The van der Waals surface area contributed by atoms with Crippen LogP contribution >= 0.6 is 0 Å². The summed E-state index contributed by atoms with van der Waals surface area (Å²) in [6, 6.07) is 16.0. The first-order chi connectivity index (χ1) is 12.6. The predicted molar refractivity (Wildman–Crippen MR) is 96.4 cm³/mol. The van der Waals surface area contributed by atoms with Crippen molar-refractivity contribution in [2.24, 2.45) is 0 Å². The molecule has 1 aromatic heterocycles. The second-order valence-corrected chi connectivity index (χ2v) is 5.60. The molecule has 0 radical (unpaired) electrons. The first kappa shape index (κ1) is 17.4. The highest BCUT2D eigenvalue weighted by Crippen LogP contribution is 2.26. The van der Waals surface area contributed by atoms with Gasteiger partial charge < -0.3 is 14.6 Å². The van der Waals surface area contributed by atoms with Crippen LogP contribution in [0, 0.1) is 0 Å². The minimum absolute atomic E-state index is 0.0606. The fraction of sp³-hybridized carbons (Fsp3) is 0.150. The number of rotatable bonds is 6. The standard InChI is InChI=1S/C20H18N2O4/c1-21-20(24)18-17(26-22-19(18)14-6-4-3-5-7-14)12-16(23)13-8-10-15(25-2)11-9-13/h3-11H,12H2,1-2H3,(H,21,24). The van der Waals surface area contributed by atoms with E-state index in [1.165, 1.54) is 7.05 Å². The molecule has 0 unspecified atom stereocenters. The Labute approximate surface area is 150 Å². The smallest absolute Gasteiger partial charge is 0.256 e. The summed E-state index contributed by atoms with van der Waals surface area (Å²) in [6.07, 6.45) is -0.0606. The van der Waals surface area contributed by atoms with Crippen LogP contribution in [-0.4, -0.2) is 31.0 Å². The van der Waals surface area contributed by atoms with Crippen LogP contribution in [0.1, 0.15) is 26.5 Å². The fourth-order valence-corrected chi connectivity index (χ4v) is 2.62. The summed E-state index contributed by atoms with van der Waals surface area (Å²) in [5, 5.41) is 6.60. The molecule has 0 aliphatic rings. The van der Waals surface area contributed by atoms with Crippen LogP contribution in [-0.2, 0) is 6.42 Å². The summed E-state index contributed by atoms with van der Waals surface area (Å²) in [7, 11) is 3.09. The summed E-state index contributed by atoms with van der Waals surface area (Å²) in [6.45, 7) is 0. The van der Waals surface area contributed by atoms with Crippen molar-refractivity contribution in [1.82, 2.24) is 10.5 Å². The van der Waals surface area contributed by atoms with Gasteiger partial charge in [-0.1, -0.05) is 35.5 Å². The van der Waals surface area contributed by atoms with Gasteiger partial charge in [-0.05, 0) is 24.3 Å². The Bertz CT molecular complexity index is 915. The molecule has 26 heavy (non-hydrogen) atoms. The first-order valence-electron chi connectivity index (χ1n) is 8.07. The Kier molecular flexibility index (Phi) is 5.12. The SMILES string of the molecule is CNC(=O)c1c(-c2ccccc2)noc1CC(=O)c1ccc(OC)cc1. The van der Waals surface area contributed by atoms with Crippen molar-refractivity contribution < 1.29 is 18.8 Å². The van der Waals surface area contributed by atoms with Crippen molar-refractivity contribution in [3.05, 3.63) is 71.5 Å². The first-order valence-corrected chi connectivity index (χ1v) is 8.07. The van der Waals surface area contributed by atoms with Crippen molar-refractivity contribution in [2.45, 2.75) is 6.42 Å². The fourth-order valence-electron chi connectivity index (χ4n) is 2.62. The molecule has 3 aromatic rings. The summed E-state index contributed by atoms with van der Waals surface area (Å²) in [5.41, 5.74) is 1.95. The van der Waals surface area contributed by atoms with Crippen molar-refractivity contribution in [3.8, 4) is 17.0 Å². The van der Waals surface area contributed by atoms with E-state index in [4.69, 9.17) is 9.26 Å². The van der Waals surface area contributed by atoms with Gasteiger partial charge in [-0.2, -0.15) is 0 Å². The van der Waals surface area contributed by atoms with Crippen LogP contribution < -0.4 is 10.1 Å². The third kappa shape index (κ3) is 3.49. The largest absolute Gasteiger partial charge is 0.497 e. The van der Waals surface area contributed by atoms with Crippen LogP contribution in [0.15, 0.2) is 59.1 Å². The molecule has 6 nitrogen and oxygen atoms in total. The minimum Gasteiger partial charge on any atom is -0.497 e. The molecule has 0 fully saturated rings. The van der Waals surface area contributed by atoms with Gasteiger partial charge >= 0.3 is 0 Å². The van der Waals surface area contributed by atoms with Gasteiger partial charge in [0, 0.05) is 18.2 Å². The van der Waals surface area contributed by atoms with Gasteiger partial charge in [-0.15, -0.1) is 0 Å². The molecule has 1 N–H and O–H groups in total. The van der Waals surface area contributed by atoms with Gasteiger partial charge in [-0.3, -0.25) is 9.59 Å². The zero-order valence-electron chi connectivity index (χ0n) is 14.5. The normalized spacial score (nSPS) is 10.4. The molecule has 6 heteroatoms. The minimum atomic E-state index is -0.345. The molecular formula is C20H18N2O4. The maximum atomic E-state index is 12.6. The monoisotopic (exact) mass is 350 g/mol. The number of amides is 1. The lowest BCUT2D eigenvalue weighted by Gasteiger charge is -2.04. The maximum Gasteiger partial charge on any atom is 0.256 e. The van der Waals surface area contributed by atoms with E-state index in [9.17, 15) is 9.59 Å². The quantitative estimate of drug-likeness (QED) is 0.691. The van der Waals surface area contributed by atoms with E-state index in [2.05, 4.69) is 10.5 Å². The number of hydrogen-bond acceptors (Lipinski definition) is 5.